The minimum absolute atomic E-state index is 0.171. The molecule has 110 valence electrons. The Morgan fingerprint density at radius 2 is 2.25 bits per heavy atom. The Morgan fingerprint density at radius 3 is 2.75 bits per heavy atom. The summed E-state index contributed by atoms with van der Waals surface area (Å²) in [6.45, 7) is 3.75. The fraction of sp³-hybridized carbons (Fsp3) is 0.500. The van der Waals surface area contributed by atoms with Crippen LogP contribution in [0.4, 0.5) is 11.5 Å². The minimum Gasteiger partial charge on any atom is -0.477 e. The first kappa shape index (κ1) is 15.8. The van der Waals surface area contributed by atoms with E-state index < -0.39 is 27.7 Å². The van der Waals surface area contributed by atoms with E-state index in [9.17, 15) is 20.0 Å². The Balaban J connectivity index is 2.91. The fourth-order valence-electron chi connectivity index (χ4n) is 1.77. The van der Waals surface area contributed by atoms with Crippen LogP contribution in [0.15, 0.2) is 12.3 Å². The average molecular weight is 283 g/mol. The number of nitrogens with one attached hydrogen (secondary N) is 1. The summed E-state index contributed by atoms with van der Waals surface area (Å²) >= 11 is 0. The Hall–Kier alpha value is -2.22. The smallest absolute Gasteiger partial charge is 0.342 e. The lowest BCUT2D eigenvalue weighted by Crippen LogP contribution is -2.33. The van der Waals surface area contributed by atoms with Gasteiger partial charge in [-0.1, -0.05) is 13.3 Å². The summed E-state index contributed by atoms with van der Waals surface area (Å²) in [5, 5.41) is 32.4. The Morgan fingerprint density at radius 1 is 1.60 bits per heavy atom. The molecule has 8 heteroatoms. The van der Waals surface area contributed by atoms with Crippen LogP contribution in [-0.4, -0.2) is 38.2 Å². The molecule has 0 radical (unpaired) electrons. The molecule has 1 atom stereocenters. The lowest BCUT2D eigenvalue weighted by Gasteiger charge is -2.23. The van der Waals surface area contributed by atoms with Gasteiger partial charge < -0.3 is 15.5 Å². The van der Waals surface area contributed by atoms with Gasteiger partial charge in [-0.25, -0.2) is 9.78 Å². The molecule has 0 amide bonds. The number of nitro groups is 1. The molecule has 0 aromatic carbocycles. The maximum Gasteiger partial charge on any atom is 0.342 e. The molecule has 0 saturated carbocycles. The van der Waals surface area contributed by atoms with Crippen LogP contribution in [0.1, 0.15) is 37.0 Å². The van der Waals surface area contributed by atoms with Crippen molar-refractivity contribution in [2.75, 3.05) is 11.9 Å². The van der Waals surface area contributed by atoms with E-state index in [0.29, 0.717) is 6.42 Å². The summed E-state index contributed by atoms with van der Waals surface area (Å²) in [6, 6.07) is 1.09. The molecule has 1 unspecified atom stereocenters. The first-order valence-corrected chi connectivity index (χ1v) is 6.11. The molecule has 1 aromatic heterocycles. The lowest BCUT2D eigenvalue weighted by molar-refractivity contribution is -0.385. The molecule has 0 aliphatic carbocycles. The van der Waals surface area contributed by atoms with Gasteiger partial charge in [0.1, 0.15) is 17.6 Å². The van der Waals surface area contributed by atoms with Gasteiger partial charge in [0.15, 0.2) is 0 Å². The van der Waals surface area contributed by atoms with E-state index in [0.717, 1.165) is 18.7 Å². The number of rotatable bonds is 7. The summed E-state index contributed by atoms with van der Waals surface area (Å²) in [6.07, 6.45) is 2.25. The Bertz CT molecular complexity index is 516. The SMILES string of the molecule is CCCC(C)(O)CNc1cc(C(=O)O)c([N+](=O)[O-])cn1. The predicted octanol–water partition coefficient (Wildman–Crippen LogP) is 1.65. The highest BCUT2D eigenvalue weighted by atomic mass is 16.6. The van der Waals surface area contributed by atoms with Gasteiger partial charge in [-0.3, -0.25) is 10.1 Å². The second-order valence-corrected chi connectivity index (χ2v) is 4.75. The summed E-state index contributed by atoms with van der Waals surface area (Å²) in [7, 11) is 0. The number of anilines is 1. The molecule has 3 N–H and O–H groups in total. The van der Waals surface area contributed by atoms with E-state index in [4.69, 9.17) is 5.11 Å². The third-order valence-electron chi connectivity index (χ3n) is 2.75. The van der Waals surface area contributed by atoms with Crippen LogP contribution < -0.4 is 5.32 Å². The quantitative estimate of drug-likeness (QED) is 0.513. The molecular formula is C12H17N3O5. The van der Waals surface area contributed by atoms with Crippen molar-refractivity contribution in [1.29, 1.82) is 0 Å². The number of hydrogen-bond donors (Lipinski definition) is 3. The number of hydrogen-bond acceptors (Lipinski definition) is 6. The molecule has 0 aliphatic rings. The zero-order chi connectivity index (χ0) is 15.3. The van der Waals surface area contributed by atoms with Gasteiger partial charge >= 0.3 is 11.7 Å². The number of aromatic carboxylic acids is 1. The number of carboxylic acids is 1. The monoisotopic (exact) mass is 283 g/mol. The number of pyridine rings is 1. The zero-order valence-electron chi connectivity index (χ0n) is 11.3. The zero-order valence-corrected chi connectivity index (χ0v) is 11.3. The van der Waals surface area contributed by atoms with E-state index in [2.05, 4.69) is 10.3 Å². The number of aromatic nitrogens is 1. The van der Waals surface area contributed by atoms with Gasteiger partial charge in [0.25, 0.3) is 0 Å². The van der Waals surface area contributed by atoms with E-state index in [-0.39, 0.29) is 12.4 Å². The minimum atomic E-state index is -1.40. The second-order valence-electron chi connectivity index (χ2n) is 4.75. The second kappa shape index (κ2) is 6.29. The van der Waals surface area contributed by atoms with Crippen molar-refractivity contribution >= 4 is 17.5 Å². The standard InChI is InChI=1S/C12H17N3O5/c1-3-4-12(2,18)7-14-10-5-8(11(16)17)9(6-13-10)15(19)20/h5-6,18H,3-4,7H2,1-2H3,(H,13,14)(H,16,17). The van der Waals surface area contributed by atoms with Crippen molar-refractivity contribution in [3.63, 3.8) is 0 Å². The van der Waals surface area contributed by atoms with E-state index in [1.54, 1.807) is 6.92 Å². The van der Waals surface area contributed by atoms with Crippen LogP contribution in [0, 0.1) is 10.1 Å². The van der Waals surface area contributed by atoms with Crippen LogP contribution in [0.3, 0.4) is 0 Å². The molecule has 1 rings (SSSR count). The highest BCUT2D eigenvalue weighted by Gasteiger charge is 2.23. The largest absolute Gasteiger partial charge is 0.477 e. The van der Waals surface area contributed by atoms with E-state index >= 15 is 0 Å². The molecule has 0 spiro atoms. The molecule has 20 heavy (non-hydrogen) atoms. The maximum absolute atomic E-state index is 11.0. The summed E-state index contributed by atoms with van der Waals surface area (Å²) < 4.78 is 0. The molecule has 0 fully saturated rings. The molecule has 0 bridgehead atoms. The van der Waals surface area contributed by atoms with Gasteiger partial charge in [0.05, 0.1) is 10.5 Å². The molecule has 1 heterocycles. The van der Waals surface area contributed by atoms with Gasteiger partial charge in [-0.15, -0.1) is 0 Å². The van der Waals surface area contributed by atoms with Crippen LogP contribution in [0.5, 0.6) is 0 Å². The predicted molar refractivity (Wildman–Crippen MR) is 71.9 cm³/mol. The van der Waals surface area contributed by atoms with Crippen molar-refractivity contribution in [3.05, 3.63) is 27.9 Å². The molecule has 1 aromatic rings. The molecule has 0 saturated heterocycles. The molecular weight excluding hydrogens is 266 g/mol. The third-order valence-corrected chi connectivity index (χ3v) is 2.75. The third kappa shape index (κ3) is 4.16. The topological polar surface area (TPSA) is 126 Å². The average Bonchev–Trinajstić information content (AvgIpc) is 2.35. The first-order valence-electron chi connectivity index (χ1n) is 6.11. The maximum atomic E-state index is 11.0. The Labute approximate surface area is 115 Å². The van der Waals surface area contributed by atoms with Gasteiger partial charge in [-0.05, 0) is 13.3 Å². The normalized spacial score (nSPS) is 13.6. The molecule has 0 aliphatic heterocycles. The van der Waals surface area contributed by atoms with Crippen LogP contribution >= 0.6 is 0 Å². The highest BCUT2D eigenvalue weighted by molar-refractivity contribution is 5.93. The van der Waals surface area contributed by atoms with Crippen molar-refractivity contribution in [1.82, 2.24) is 4.98 Å². The van der Waals surface area contributed by atoms with Gasteiger partial charge in [0, 0.05) is 12.6 Å². The van der Waals surface area contributed by atoms with Crippen LogP contribution in [0.25, 0.3) is 0 Å². The van der Waals surface area contributed by atoms with Crippen molar-refractivity contribution in [2.24, 2.45) is 0 Å². The van der Waals surface area contributed by atoms with Crippen LogP contribution in [-0.2, 0) is 0 Å². The van der Waals surface area contributed by atoms with Crippen molar-refractivity contribution in [3.8, 4) is 0 Å². The first-order chi connectivity index (χ1) is 9.26. The van der Waals surface area contributed by atoms with Gasteiger partial charge in [0.2, 0.25) is 0 Å². The number of carbonyl (C=O) groups is 1. The van der Waals surface area contributed by atoms with Crippen molar-refractivity contribution in [2.45, 2.75) is 32.3 Å². The highest BCUT2D eigenvalue weighted by Crippen LogP contribution is 2.21. The fourth-order valence-corrected chi connectivity index (χ4v) is 1.77. The Kier molecular flexibility index (Phi) is 4.98. The number of carboxylic acid groups (broad SMARTS) is 1. The van der Waals surface area contributed by atoms with Gasteiger partial charge in [-0.2, -0.15) is 0 Å². The van der Waals surface area contributed by atoms with Crippen LogP contribution in [0.2, 0.25) is 0 Å². The molecule has 8 nitrogen and oxygen atoms in total. The van der Waals surface area contributed by atoms with Crippen molar-refractivity contribution < 1.29 is 19.9 Å². The number of aliphatic hydroxyl groups is 1. The van der Waals surface area contributed by atoms with E-state index in [1.165, 1.54) is 0 Å². The number of nitrogens with zero attached hydrogens (tertiary/aromatic N) is 2. The van der Waals surface area contributed by atoms with E-state index in [1.807, 2.05) is 6.92 Å². The summed E-state index contributed by atoms with van der Waals surface area (Å²) in [5.41, 5.74) is -1.97. The summed E-state index contributed by atoms with van der Waals surface area (Å²) in [4.78, 5) is 24.6. The summed E-state index contributed by atoms with van der Waals surface area (Å²) in [5.74, 6) is -1.23. The lowest BCUT2D eigenvalue weighted by atomic mass is 10.0.